The summed E-state index contributed by atoms with van der Waals surface area (Å²) in [6, 6.07) is 4.68. The van der Waals surface area contributed by atoms with E-state index in [1.807, 2.05) is 0 Å². The first-order chi connectivity index (χ1) is 8.93. The van der Waals surface area contributed by atoms with Crippen molar-refractivity contribution in [1.82, 2.24) is 5.32 Å². The van der Waals surface area contributed by atoms with Gasteiger partial charge in [0, 0.05) is 11.6 Å². The molecule has 0 bridgehead atoms. The van der Waals surface area contributed by atoms with Gasteiger partial charge in [0.1, 0.15) is 5.75 Å². The summed E-state index contributed by atoms with van der Waals surface area (Å²) in [6.07, 6.45) is -1.78. The SMILES string of the molecule is CC(Oc1ccc(Cl)cc1Cl)C(=O)NCC(O)CO. The zero-order valence-electron chi connectivity index (χ0n) is 10.3. The molecule has 1 aromatic rings. The highest BCUT2D eigenvalue weighted by Gasteiger charge is 2.16. The van der Waals surface area contributed by atoms with Crippen molar-refractivity contribution in [2.45, 2.75) is 19.1 Å². The molecule has 1 amide bonds. The highest BCUT2D eigenvalue weighted by Crippen LogP contribution is 2.28. The topological polar surface area (TPSA) is 78.8 Å². The highest BCUT2D eigenvalue weighted by atomic mass is 35.5. The molecule has 0 aliphatic heterocycles. The Labute approximate surface area is 121 Å². The van der Waals surface area contributed by atoms with Crippen molar-refractivity contribution in [1.29, 1.82) is 0 Å². The van der Waals surface area contributed by atoms with E-state index in [1.165, 1.54) is 6.07 Å². The van der Waals surface area contributed by atoms with Crippen LogP contribution in [0.2, 0.25) is 10.0 Å². The molecule has 2 atom stereocenters. The summed E-state index contributed by atoms with van der Waals surface area (Å²) in [5.41, 5.74) is 0. The van der Waals surface area contributed by atoms with Crippen molar-refractivity contribution in [3.8, 4) is 5.75 Å². The summed E-state index contributed by atoms with van der Waals surface area (Å²) in [7, 11) is 0. The van der Waals surface area contributed by atoms with E-state index in [9.17, 15) is 4.79 Å². The minimum Gasteiger partial charge on any atom is -0.479 e. The molecule has 0 aromatic heterocycles. The first kappa shape index (κ1) is 16.0. The van der Waals surface area contributed by atoms with E-state index in [-0.39, 0.29) is 6.54 Å². The third-order valence-corrected chi connectivity index (χ3v) is 2.82. The van der Waals surface area contributed by atoms with Gasteiger partial charge in [0.25, 0.3) is 5.91 Å². The summed E-state index contributed by atoms with van der Waals surface area (Å²) >= 11 is 11.7. The van der Waals surface area contributed by atoms with Gasteiger partial charge >= 0.3 is 0 Å². The second kappa shape index (κ2) is 7.55. The van der Waals surface area contributed by atoms with E-state index in [1.54, 1.807) is 19.1 Å². The molecule has 0 fully saturated rings. The third kappa shape index (κ3) is 5.24. The number of aliphatic hydroxyl groups is 2. The van der Waals surface area contributed by atoms with Crippen LogP contribution >= 0.6 is 23.2 Å². The van der Waals surface area contributed by atoms with Gasteiger partial charge in [0.2, 0.25) is 0 Å². The number of aliphatic hydroxyl groups excluding tert-OH is 2. The van der Waals surface area contributed by atoms with Crippen molar-refractivity contribution in [3.05, 3.63) is 28.2 Å². The fourth-order valence-corrected chi connectivity index (χ4v) is 1.69. The molecule has 1 aromatic carbocycles. The molecule has 0 saturated heterocycles. The Balaban J connectivity index is 2.54. The predicted octanol–water partition coefficient (Wildman–Crippen LogP) is 1.23. The van der Waals surface area contributed by atoms with Crippen LogP contribution in [0.15, 0.2) is 18.2 Å². The molecule has 0 radical (unpaired) electrons. The molecule has 0 saturated carbocycles. The van der Waals surface area contributed by atoms with Crippen LogP contribution in [0.5, 0.6) is 5.75 Å². The molecule has 19 heavy (non-hydrogen) atoms. The van der Waals surface area contributed by atoms with Crippen LogP contribution in [-0.2, 0) is 4.79 Å². The maximum atomic E-state index is 11.6. The zero-order chi connectivity index (χ0) is 14.4. The number of carbonyl (C=O) groups is 1. The maximum Gasteiger partial charge on any atom is 0.260 e. The molecule has 2 unspecified atom stereocenters. The van der Waals surface area contributed by atoms with Gasteiger partial charge in [-0.2, -0.15) is 0 Å². The van der Waals surface area contributed by atoms with E-state index in [0.29, 0.717) is 15.8 Å². The van der Waals surface area contributed by atoms with Gasteiger partial charge in [-0.3, -0.25) is 4.79 Å². The molecule has 7 heteroatoms. The van der Waals surface area contributed by atoms with Gasteiger partial charge in [-0.15, -0.1) is 0 Å². The van der Waals surface area contributed by atoms with Crippen molar-refractivity contribution >= 4 is 29.1 Å². The highest BCUT2D eigenvalue weighted by molar-refractivity contribution is 6.35. The van der Waals surface area contributed by atoms with E-state index in [0.717, 1.165) is 0 Å². The summed E-state index contributed by atoms with van der Waals surface area (Å²) in [4.78, 5) is 11.6. The van der Waals surface area contributed by atoms with Crippen LogP contribution in [0.4, 0.5) is 0 Å². The number of benzene rings is 1. The largest absolute Gasteiger partial charge is 0.479 e. The van der Waals surface area contributed by atoms with Crippen LogP contribution in [0.3, 0.4) is 0 Å². The fraction of sp³-hybridized carbons (Fsp3) is 0.417. The zero-order valence-corrected chi connectivity index (χ0v) is 11.8. The molecule has 3 N–H and O–H groups in total. The Hall–Kier alpha value is -1.01. The van der Waals surface area contributed by atoms with Crippen LogP contribution in [0.25, 0.3) is 0 Å². The monoisotopic (exact) mass is 307 g/mol. The quantitative estimate of drug-likeness (QED) is 0.738. The molecular weight excluding hydrogens is 293 g/mol. The van der Waals surface area contributed by atoms with Crippen molar-refractivity contribution in [3.63, 3.8) is 0 Å². The average molecular weight is 308 g/mol. The first-order valence-electron chi connectivity index (χ1n) is 5.62. The molecule has 0 heterocycles. The lowest BCUT2D eigenvalue weighted by atomic mass is 10.3. The van der Waals surface area contributed by atoms with Gasteiger partial charge < -0.3 is 20.3 Å². The van der Waals surface area contributed by atoms with Crippen LogP contribution in [0.1, 0.15) is 6.92 Å². The Kier molecular flexibility index (Phi) is 6.37. The predicted molar refractivity (Wildman–Crippen MR) is 72.7 cm³/mol. The number of amides is 1. The minimum atomic E-state index is -0.990. The second-order valence-electron chi connectivity index (χ2n) is 3.92. The molecule has 0 spiro atoms. The van der Waals surface area contributed by atoms with E-state index < -0.39 is 24.7 Å². The summed E-state index contributed by atoms with van der Waals surface area (Å²) in [6.45, 7) is 1.08. The Morgan fingerprint density at radius 3 is 2.74 bits per heavy atom. The number of hydrogen-bond donors (Lipinski definition) is 3. The molecule has 1 rings (SSSR count). The molecule has 106 valence electrons. The smallest absolute Gasteiger partial charge is 0.260 e. The van der Waals surface area contributed by atoms with Gasteiger partial charge in [0.05, 0.1) is 17.7 Å². The van der Waals surface area contributed by atoms with Gasteiger partial charge in [-0.1, -0.05) is 23.2 Å². The number of hydrogen-bond acceptors (Lipinski definition) is 4. The minimum absolute atomic E-state index is 0.0443. The van der Waals surface area contributed by atoms with Crippen molar-refractivity contribution < 1.29 is 19.7 Å². The van der Waals surface area contributed by atoms with Gasteiger partial charge in [0.15, 0.2) is 6.10 Å². The Bertz CT molecular complexity index is 442. The number of nitrogens with one attached hydrogen (secondary N) is 1. The van der Waals surface area contributed by atoms with E-state index >= 15 is 0 Å². The van der Waals surface area contributed by atoms with E-state index in [2.05, 4.69) is 5.32 Å². The standard InChI is InChI=1S/C12H15Cl2NO4/c1-7(12(18)15-5-9(17)6-16)19-11-3-2-8(13)4-10(11)14/h2-4,7,9,16-17H,5-6H2,1H3,(H,15,18). The Morgan fingerprint density at radius 1 is 1.47 bits per heavy atom. The normalized spacial score (nSPS) is 13.7. The lowest BCUT2D eigenvalue weighted by Crippen LogP contribution is -2.41. The van der Waals surface area contributed by atoms with Gasteiger partial charge in [-0.05, 0) is 25.1 Å². The van der Waals surface area contributed by atoms with Crippen LogP contribution in [0, 0.1) is 0 Å². The fourth-order valence-electron chi connectivity index (χ4n) is 1.24. The lowest BCUT2D eigenvalue weighted by Gasteiger charge is -2.16. The molecule has 5 nitrogen and oxygen atoms in total. The maximum absolute atomic E-state index is 11.6. The third-order valence-electron chi connectivity index (χ3n) is 2.29. The Morgan fingerprint density at radius 2 is 2.16 bits per heavy atom. The lowest BCUT2D eigenvalue weighted by molar-refractivity contribution is -0.127. The first-order valence-corrected chi connectivity index (χ1v) is 6.38. The second-order valence-corrected chi connectivity index (χ2v) is 4.76. The van der Waals surface area contributed by atoms with E-state index in [4.69, 9.17) is 38.2 Å². The van der Waals surface area contributed by atoms with Crippen LogP contribution in [-0.4, -0.2) is 41.5 Å². The average Bonchev–Trinajstić information content (AvgIpc) is 2.38. The van der Waals surface area contributed by atoms with Crippen LogP contribution < -0.4 is 10.1 Å². The van der Waals surface area contributed by atoms with Gasteiger partial charge in [-0.25, -0.2) is 0 Å². The summed E-state index contributed by atoms with van der Waals surface area (Å²) in [5, 5.41) is 21.0. The molecule has 0 aliphatic rings. The number of halogens is 2. The van der Waals surface area contributed by atoms with Crippen molar-refractivity contribution in [2.75, 3.05) is 13.2 Å². The molecular formula is C12H15Cl2NO4. The number of carbonyl (C=O) groups excluding carboxylic acids is 1. The number of rotatable bonds is 6. The summed E-state index contributed by atoms with van der Waals surface area (Å²) < 4.78 is 5.38. The number of ether oxygens (including phenoxy) is 1. The van der Waals surface area contributed by atoms with Crippen molar-refractivity contribution in [2.24, 2.45) is 0 Å². The molecule has 0 aliphatic carbocycles. The summed E-state index contributed by atoms with van der Waals surface area (Å²) in [5.74, 6) is -0.0741.